The standard InChI is InChI=1S/C18H22N4S/c1-4-13-10-23-18-21-16(15-7-5-6-8-19-15)17(22(13)18)14-9-11(2)20-12(14)3/h5-9,13,16-17,20H,4,10H2,1-3H3/t13-,16-,17+/m0/s1. The average Bonchev–Trinajstić information content (AvgIpc) is 3.21. The molecule has 0 amide bonds. The highest BCUT2D eigenvalue weighted by molar-refractivity contribution is 8.14. The first kappa shape index (κ1) is 14.8. The summed E-state index contributed by atoms with van der Waals surface area (Å²) < 4.78 is 0. The number of rotatable bonds is 3. The summed E-state index contributed by atoms with van der Waals surface area (Å²) >= 11 is 1.89. The number of aromatic amines is 1. The molecule has 1 N–H and O–H groups in total. The largest absolute Gasteiger partial charge is 0.362 e. The first-order valence-corrected chi connectivity index (χ1v) is 9.23. The Hall–Kier alpha value is -1.75. The van der Waals surface area contributed by atoms with Crippen LogP contribution in [0.15, 0.2) is 35.5 Å². The van der Waals surface area contributed by atoms with Crippen molar-refractivity contribution in [1.29, 1.82) is 0 Å². The Labute approximate surface area is 141 Å². The van der Waals surface area contributed by atoms with Crippen molar-refractivity contribution in [3.05, 3.63) is 53.1 Å². The number of fused-ring (bicyclic) bond motifs is 1. The van der Waals surface area contributed by atoms with Crippen molar-refractivity contribution in [3.63, 3.8) is 0 Å². The molecule has 120 valence electrons. The van der Waals surface area contributed by atoms with E-state index in [0.29, 0.717) is 6.04 Å². The average molecular weight is 326 g/mol. The van der Waals surface area contributed by atoms with E-state index in [4.69, 9.17) is 4.99 Å². The van der Waals surface area contributed by atoms with Crippen molar-refractivity contribution in [2.45, 2.75) is 45.3 Å². The predicted octanol–water partition coefficient (Wildman–Crippen LogP) is 4.01. The number of nitrogens with zero attached hydrogens (tertiary/aromatic N) is 3. The van der Waals surface area contributed by atoms with Gasteiger partial charge in [-0.2, -0.15) is 0 Å². The maximum absolute atomic E-state index is 5.06. The van der Waals surface area contributed by atoms with Crippen LogP contribution in [-0.4, -0.2) is 31.8 Å². The fourth-order valence-electron chi connectivity index (χ4n) is 3.74. The Balaban J connectivity index is 1.82. The normalized spacial score (nSPS) is 26.5. The molecule has 0 spiro atoms. The van der Waals surface area contributed by atoms with E-state index in [1.54, 1.807) is 0 Å². The molecule has 2 aromatic rings. The molecule has 0 unspecified atom stereocenters. The number of nitrogens with one attached hydrogen (secondary N) is 1. The summed E-state index contributed by atoms with van der Waals surface area (Å²) in [4.78, 5) is 15.7. The maximum Gasteiger partial charge on any atom is 0.160 e. The molecule has 2 aromatic heterocycles. The molecule has 1 fully saturated rings. The molecule has 4 heterocycles. The number of thioether (sulfide) groups is 1. The van der Waals surface area contributed by atoms with Crippen LogP contribution in [0.25, 0.3) is 0 Å². The van der Waals surface area contributed by atoms with Gasteiger partial charge in [-0.1, -0.05) is 24.8 Å². The van der Waals surface area contributed by atoms with Crippen LogP contribution in [0.4, 0.5) is 0 Å². The third kappa shape index (κ3) is 2.38. The van der Waals surface area contributed by atoms with E-state index in [-0.39, 0.29) is 12.1 Å². The third-order valence-corrected chi connectivity index (χ3v) is 5.96. The van der Waals surface area contributed by atoms with Crippen molar-refractivity contribution in [2.24, 2.45) is 4.99 Å². The van der Waals surface area contributed by atoms with Crippen LogP contribution in [0.5, 0.6) is 0 Å². The van der Waals surface area contributed by atoms with Crippen LogP contribution in [0.3, 0.4) is 0 Å². The first-order chi connectivity index (χ1) is 11.2. The number of H-pyrrole nitrogens is 1. The zero-order chi connectivity index (χ0) is 16.0. The smallest absolute Gasteiger partial charge is 0.160 e. The number of hydrogen-bond donors (Lipinski definition) is 1. The number of hydrogen-bond acceptors (Lipinski definition) is 4. The molecule has 23 heavy (non-hydrogen) atoms. The van der Waals surface area contributed by atoms with Gasteiger partial charge in [-0.15, -0.1) is 0 Å². The topological polar surface area (TPSA) is 44.3 Å². The number of amidine groups is 1. The Morgan fingerprint density at radius 1 is 1.35 bits per heavy atom. The Bertz CT molecular complexity index is 737. The highest BCUT2D eigenvalue weighted by Gasteiger charge is 2.46. The Morgan fingerprint density at radius 2 is 2.22 bits per heavy atom. The van der Waals surface area contributed by atoms with Gasteiger partial charge in [0.2, 0.25) is 0 Å². The number of aromatic nitrogens is 2. The second-order valence-electron chi connectivity index (χ2n) is 6.37. The minimum atomic E-state index is 0.0851. The summed E-state index contributed by atoms with van der Waals surface area (Å²) in [5, 5.41) is 1.19. The lowest BCUT2D eigenvalue weighted by atomic mass is 9.95. The molecule has 0 radical (unpaired) electrons. The van der Waals surface area contributed by atoms with E-state index in [2.05, 4.69) is 53.8 Å². The molecule has 5 heteroatoms. The first-order valence-electron chi connectivity index (χ1n) is 8.25. The summed E-state index contributed by atoms with van der Waals surface area (Å²) in [6.45, 7) is 6.56. The minimum absolute atomic E-state index is 0.0851. The van der Waals surface area contributed by atoms with Gasteiger partial charge in [-0.25, -0.2) is 0 Å². The van der Waals surface area contributed by atoms with Gasteiger partial charge in [0.25, 0.3) is 0 Å². The van der Waals surface area contributed by atoms with Gasteiger partial charge < -0.3 is 9.88 Å². The lowest BCUT2D eigenvalue weighted by molar-refractivity contribution is 0.254. The van der Waals surface area contributed by atoms with Gasteiger partial charge >= 0.3 is 0 Å². The van der Waals surface area contributed by atoms with E-state index in [0.717, 1.165) is 17.9 Å². The molecule has 0 aliphatic carbocycles. The van der Waals surface area contributed by atoms with E-state index in [9.17, 15) is 0 Å². The fourth-order valence-corrected chi connectivity index (χ4v) is 5.08. The monoisotopic (exact) mass is 326 g/mol. The molecule has 4 nitrogen and oxygen atoms in total. The van der Waals surface area contributed by atoms with Crippen LogP contribution >= 0.6 is 11.8 Å². The second kappa shape index (κ2) is 5.71. The molecule has 2 aliphatic rings. The maximum atomic E-state index is 5.06. The summed E-state index contributed by atoms with van der Waals surface area (Å²) in [5.41, 5.74) is 4.88. The van der Waals surface area contributed by atoms with E-state index in [1.807, 2.05) is 24.0 Å². The Morgan fingerprint density at radius 3 is 2.87 bits per heavy atom. The molecular formula is C18H22N4S. The fraction of sp³-hybridized carbons (Fsp3) is 0.444. The van der Waals surface area contributed by atoms with Crippen molar-refractivity contribution in [2.75, 3.05) is 5.75 Å². The molecule has 2 aliphatic heterocycles. The zero-order valence-electron chi connectivity index (χ0n) is 13.8. The van der Waals surface area contributed by atoms with Crippen molar-refractivity contribution in [3.8, 4) is 0 Å². The SMILES string of the molecule is CC[C@H]1CSC2=N[C@@H](c3ccccn3)[C@@H](c3cc(C)[nH]c3C)N21. The summed E-state index contributed by atoms with van der Waals surface area (Å²) in [7, 11) is 0. The van der Waals surface area contributed by atoms with Crippen LogP contribution in [0.2, 0.25) is 0 Å². The van der Waals surface area contributed by atoms with E-state index in [1.165, 1.54) is 22.1 Å². The zero-order valence-corrected chi connectivity index (χ0v) is 14.6. The molecule has 4 rings (SSSR count). The number of pyridine rings is 1. The molecule has 0 aromatic carbocycles. The summed E-state index contributed by atoms with van der Waals surface area (Å²) in [6.07, 6.45) is 3.02. The minimum Gasteiger partial charge on any atom is -0.362 e. The highest BCUT2D eigenvalue weighted by atomic mass is 32.2. The quantitative estimate of drug-likeness (QED) is 0.927. The van der Waals surface area contributed by atoms with E-state index < -0.39 is 0 Å². The van der Waals surface area contributed by atoms with Gasteiger partial charge in [-0.3, -0.25) is 9.98 Å². The van der Waals surface area contributed by atoms with Gasteiger partial charge in [0.1, 0.15) is 6.04 Å². The van der Waals surface area contributed by atoms with Gasteiger partial charge in [0, 0.05) is 29.4 Å². The molecular weight excluding hydrogens is 304 g/mol. The van der Waals surface area contributed by atoms with Crippen LogP contribution in [0.1, 0.15) is 48.1 Å². The van der Waals surface area contributed by atoms with Crippen molar-refractivity contribution < 1.29 is 0 Å². The second-order valence-corrected chi connectivity index (χ2v) is 7.36. The van der Waals surface area contributed by atoms with Gasteiger partial charge in [-0.05, 0) is 44.0 Å². The van der Waals surface area contributed by atoms with Crippen LogP contribution in [-0.2, 0) is 0 Å². The van der Waals surface area contributed by atoms with Crippen molar-refractivity contribution >= 4 is 16.9 Å². The highest BCUT2D eigenvalue weighted by Crippen LogP contribution is 2.49. The number of aliphatic imine (C=N–C) groups is 1. The van der Waals surface area contributed by atoms with E-state index >= 15 is 0 Å². The predicted molar refractivity (Wildman–Crippen MR) is 95.8 cm³/mol. The lowest BCUT2D eigenvalue weighted by Crippen LogP contribution is -2.35. The van der Waals surface area contributed by atoms with Gasteiger partial charge in [0.15, 0.2) is 5.17 Å². The lowest BCUT2D eigenvalue weighted by Gasteiger charge is -2.31. The van der Waals surface area contributed by atoms with Crippen molar-refractivity contribution in [1.82, 2.24) is 14.9 Å². The third-order valence-electron chi connectivity index (χ3n) is 4.84. The molecule has 1 saturated heterocycles. The Kier molecular flexibility index (Phi) is 3.68. The molecule has 0 bridgehead atoms. The van der Waals surface area contributed by atoms with Crippen LogP contribution in [0, 0.1) is 13.8 Å². The van der Waals surface area contributed by atoms with Crippen LogP contribution < -0.4 is 0 Å². The van der Waals surface area contributed by atoms with Gasteiger partial charge in [0.05, 0.1) is 11.7 Å². The molecule has 3 atom stereocenters. The molecule has 0 saturated carbocycles. The number of aryl methyl sites for hydroxylation is 2. The summed E-state index contributed by atoms with van der Waals surface area (Å²) in [5.74, 6) is 1.14. The summed E-state index contributed by atoms with van der Waals surface area (Å²) in [6, 6.07) is 9.31.